The number of hydrogen-bond donors (Lipinski definition) is 1. The maximum Gasteiger partial charge on any atom is 0.331 e. The number of benzene rings is 2. The number of halogens is 2. The van der Waals surface area contributed by atoms with Gasteiger partial charge in [-0.3, -0.25) is 4.79 Å². The molecule has 0 aliphatic carbocycles. The molecule has 0 saturated carbocycles. The van der Waals surface area contributed by atoms with Gasteiger partial charge in [-0.25, -0.2) is 17.6 Å². The molecule has 2 aromatic carbocycles. The Morgan fingerprint density at radius 1 is 1.19 bits per heavy atom. The highest BCUT2D eigenvalue weighted by Crippen LogP contribution is 2.28. The molecule has 8 nitrogen and oxygen atoms in total. The highest BCUT2D eigenvalue weighted by molar-refractivity contribution is 7.89. The van der Waals surface area contributed by atoms with Gasteiger partial charge in [-0.2, -0.15) is 4.31 Å². The van der Waals surface area contributed by atoms with Crippen molar-refractivity contribution in [1.29, 1.82) is 0 Å². The summed E-state index contributed by atoms with van der Waals surface area (Å²) < 4.78 is 50.1. The van der Waals surface area contributed by atoms with Gasteiger partial charge in [0.25, 0.3) is 5.91 Å². The molecule has 3 rings (SSSR count). The second-order valence-corrected chi connectivity index (χ2v) is 9.02. The third-order valence-corrected chi connectivity index (χ3v) is 6.79. The molecule has 170 valence electrons. The van der Waals surface area contributed by atoms with E-state index < -0.39 is 34.3 Å². The van der Waals surface area contributed by atoms with E-state index in [1.165, 1.54) is 46.8 Å². The summed E-state index contributed by atoms with van der Waals surface area (Å²) in [5.74, 6) is -1.91. The molecular formula is C21H20ClFN2O6S. The molecule has 11 heteroatoms. The van der Waals surface area contributed by atoms with Crippen LogP contribution in [0.2, 0.25) is 5.02 Å². The van der Waals surface area contributed by atoms with Crippen LogP contribution in [0.4, 0.5) is 10.1 Å². The molecule has 0 atom stereocenters. The second kappa shape index (κ2) is 10.7. The van der Waals surface area contributed by atoms with E-state index in [9.17, 15) is 22.4 Å². The molecule has 0 aromatic heterocycles. The van der Waals surface area contributed by atoms with E-state index in [-0.39, 0.29) is 41.9 Å². The number of sulfonamides is 1. The Bertz CT molecular complexity index is 1130. The third kappa shape index (κ3) is 6.36. The van der Waals surface area contributed by atoms with Crippen molar-refractivity contribution in [3.8, 4) is 0 Å². The van der Waals surface area contributed by atoms with Crippen molar-refractivity contribution in [2.45, 2.75) is 4.90 Å². The summed E-state index contributed by atoms with van der Waals surface area (Å²) in [7, 11) is -3.86. The van der Waals surface area contributed by atoms with Crippen LogP contribution in [-0.4, -0.2) is 57.5 Å². The number of ether oxygens (including phenoxy) is 2. The predicted molar refractivity (Wildman–Crippen MR) is 116 cm³/mol. The first-order valence-electron chi connectivity index (χ1n) is 9.53. The van der Waals surface area contributed by atoms with Crippen LogP contribution in [0.5, 0.6) is 0 Å². The Hall–Kier alpha value is -2.79. The quantitative estimate of drug-likeness (QED) is 0.481. The van der Waals surface area contributed by atoms with E-state index in [0.29, 0.717) is 5.56 Å². The zero-order chi connectivity index (χ0) is 23.1. The molecule has 1 fully saturated rings. The number of rotatable bonds is 7. The minimum Gasteiger partial charge on any atom is -0.452 e. The summed E-state index contributed by atoms with van der Waals surface area (Å²) >= 11 is 6.08. The Balaban J connectivity index is 1.59. The van der Waals surface area contributed by atoms with E-state index in [1.54, 1.807) is 6.07 Å². The first-order valence-corrected chi connectivity index (χ1v) is 11.4. The van der Waals surface area contributed by atoms with Gasteiger partial charge >= 0.3 is 5.97 Å². The van der Waals surface area contributed by atoms with Gasteiger partial charge in [0.2, 0.25) is 10.0 Å². The summed E-state index contributed by atoms with van der Waals surface area (Å²) in [6.45, 7) is 0.377. The Labute approximate surface area is 189 Å². The molecule has 0 unspecified atom stereocenters. The molecule has 1 aliphatic heterocycles. The van der Waals surface area contributed by atoms with Crippen LogP contribution in [0.25, 0.3) is 6.08 Å². The highest BCUT2D eigenvalue weighted by Gasteiger charge is 2.28. The molecule has 1 aliphatic rings. The monoisotopic (exact) mass is 482 g/mol. The Kier molecular flexibility index (Phi) is 7.97. The molecule has 0 spiro atoms. The number of esters is 1. The maximum absolute atomic E-state index is 13.1. The average molecular weight is 483 g/mol. The van der Waals surface area contributed by atoms with Crippen LogP contribution in [0, 0.1) is 5.82 Å². The zero-order valence-corrected chi connectivity index (χ0v) is 18.4. The van der Waals surface area contributed by atoms with Gasteiger partial charge < -0.3 is 14.8 Å². The normalized spacial score (nSPS) is 14.9. The first-order chi connectivity index (χ1) is 15.3. The summed E-state index contributed by atoms with van der Waals surface area (Å²) in [5.41, 5.74) is 0.638. The van der Waals surface area contributed by atoms with Gasteiger partial charge in [0, 0.05) is 24.9 Å². The van der Waals surface area contributed by atoms with E-state index in [0.717, 1.165) is 6.08 Å². The number of carbonyl (C=O) groups is 2. The van der Waals surface area contributed by atoms with Gasteiger partial charge in [-0.05, 0) is 42.0 Å². The predicted octanol–water partition coefficient (Wildman–Crippen LogP) is 2.70. The molecule has 0 bridgehead atoms. The summed E-state index contributed by atoms with van der Waals surface area (Å²) in [6.07, 6.45) is 2.42. The summed E-state index contributed by atoms with van der Waals surface area (Å²) in [5, 5.41) is 2.48. The number of nitrogens with one attached hydrogen (secondary N) is 1. The lowest BCUT2D eigenvalue weighted by atomic mass is 10.2. The molecule has 0 radical (unpaired) electrons. The highest BCUT2D eigenvalue weighted by atomic mass is 35.5. The molecule has 1 heterocycles. The lowest BCUT2D eigenvalue weighted by Gasteiger charge is -2.26. The lowest BCUT2D eigenvalue weighted by molar-refractivity contribution is -0.142. The first kappa shape index (κ1) is 23.9. The van der Waals surface area contributed by atoms with E-state index in [1.807, 2.05) is 0 Å². The molecule has 32 heavy (non-hydrogen) atoms. The standard InChI is InChI=1S/C21H20ClFN2O6S/c22-18-6-5-17(13-19(18)32(28,29)25-8-10-30-11-9-25)24-20(26)14-31-21(27)7-4-15-2-1-3-16(23)12-15/h1-7,12-13H,8-11,14H2,(H,24,26)/b7-4+. The van der Waals surface area contributed by atoms with Crippen molar-refractivity contribution in [1.82, 2.24) is 4.31 Å². The molecule has 1 saturated heterocycles. The minimum atomic E-state index is -3.86. The van der Waals surface area contributed by atoms with Crippen molar-refractivity contribution < 1.29 is 31.9 Å². The Morgan fingerprint density at radius 2 is 1.94 bits per heavy atom. The number of amides is 1. The molecular weight excluding hydrogens is 463 g/mol. The van der Waals surface area contributed by atoms with Crippen LogP contribution in [0.15, 0.2) is 53.4 Å². The van der Waals surface area contributed by atoms with E-state index in [2.05, 4.69) is 5.32 Å². The maximum atomic E-state index is 13.1. The van der Waals surface area contributed by atoms with Gasteiger partial charge in [0.05, 0.1) is 18.2 Å². The van der Waals surface area contributed by atoms with Crippen molar-refractivity contribution in [3.05, 3.63) is 64.9 Å². The van der Waals surface area contributed by atoms with Gasteiger partial charge in [-0.15, -0.1) is 0 Å². The van der Waals surface area contributed by atoms with Crippen molar-refractivity contribution >= 4 is 45.3 Å². The minimum absolute atomic E-state index is 0.0170. The van der Waals surface area contributed by atoms with E-state index >= 15 is 0 Å². The number of nitrogens with zero attached hydrogens (tertiary/aromatic N) is 1. The zero-order valence-electron chi connectivity index (χ0n) is 16.8. The van der Waals surface area contributed by atoms with Crippen molar-refractivity contribution in [2.75, 3.05) is 38.2 Å². The fourth-order valence-electron chi connectivity index (χ4n) is 2.86. The van der Waals surface area contributed by atoms with Crippen molar-refractivity contribution in [3.63, 3.8) is 0 Å². The fraction of sp³-hybridized carbons (Fsp3) is 0.238. The summed E-state index contributed by atoms with van der Waals surface area (Å²) in [4.78, 5) is 23.7. The van der Waals surface area contributed by atoms with Crippen LogP contribution < -0.4 is 5.32 Å². The number of anilines is 1. The third-order valence-electron chi connectivity index (χ3n) is 4.41. The van der Waals surface area contributed by atoms with Gasteiger partial charge in [0.15, 0.2) is 6.61 Å². The number of morpholine rings is 1. The van der Waals surface area contributed by atoms with E-state index in [4.69, 9.17) is 21.1 Å². The topological polar surface area (TPSA) is 102 Å². The molecule has 2 aromatic rings. The summed E-state index contributed by atoms with van der Waals surface area (Å²) in [6, 6.07) is 9.64. The van der Waals surface area contributed by atoms with Gasteiger partial charge in [0.1, 0.15) is 10.7 Å². The molecule has 1 amide bonds. The number of carbonyl (C=O) groups excluding carboxylic acids is 2. The lowest BCUT2D eigenvalue weighted by Crippen LogP contribution is -2.40. The SMILES string of the molecule is O=C(COC(=O)/C=C/c1cccc(F)c1)Nc1ccc(Cl)c(S(=O)(=O)N2CCOCC2)c1. The number of hydrogen-bond acceptors (Lipinski definition) is 6. The van der Waals surface area contributed by atoms with Crippen LogP contribution >= 0.6 is 11.6 Å². The molecule has 1 N–H and O–H groups in total. The fourth-order valence-corrected chi connectivity index (χ4v) is 4.77. The van der Waals surface area contributed by atoms with Crippen LogP contribution in [0.3, 0.4) is 0 Å². The average Bonchev–Trinajstić information content (AvgIpc) is 2.78. The second-order valence-electron chi connectivity index (χ2n) is 6.71. The van der Waals surface area contributed by atoms with Crippen LogP contribution in [0.1, 0.15) is 5.56 Å². The van der Waals surface area contributed by atoms with Crippen molar-refractivity contribution in [2.24, 2.45) is 0 Å². The van der Waals surface area contributed by atoms with Crippen LogP contribution in [-0.2, 0) is 29.1 Å². The smallest absolute Gasteiger partial charge is 0.331 e. The largest absolute Gasteiger partial charge is 0.452 e. The Morgan fingerprint density at radius 3 is 2.66 bits per heavy atom. The van der Waals surface area contributed by atoms with Gasteiger partial charge in [-0.1, -0.05) is 23.7 Å².